The highest BCUT2D eigenvalue weighted by atomic mass is 32.2. The van der Waals surface area contributed by atoms with E-state index in [4.69, 9.17) is 0 Å². The first-order valence-corrected chi connectivity index (χ1v) is 7.95. The molecular weight excluding hydrogens is 232 g/mol. The van der Waals surface area contributed by atoms with Crippen LogP contribution in [0, 0.1) is 0 Å². The van der Waals surface area contributed by atoms with Crippen molar-refractivity contribution in [1.29, 1.82) is 0 Å². The van der Waals surface area contributed by atoms with E-state index in [0.29, 0.717) is 4.08 Å². The van der Waals surface area contributed by atoms with Gasteiger partial charge in [-0.15, -0.1) is 23.5 Å². The highest BCUT2D eigenvalue weighted by molar-refractivity contribution is 8.21. The van der Waals surface area contributed by atoms with E-state index < -0.39 is 0 Å². The van der Waals surface area contributed by atoms with Gasteiger partial charge in [0.2, 0.25) is 0 Å². The van der Waals surface area contributed by atoms with Gasteiger partial charge >= 0.3 is 0 Å². The molecule has 1 aliphatic heterocycles. The Balaban J connectivity index is 1.85. The van der Waals surface area contributed by atoms with Crippen LogP contribution in [0.2, 0.25) is 0 Å². The fourth-order valence-corrected chi connectivity index (χ4v) is 6.96. The van der Waals surface area contributed by atoms with Gasteiger partial charge in [-0.2, -0.15) is 0 Å². The number of fused-ring (bicyclic) bond motifs is 1. The molecule has 2 aliphatic rings. The normalized spacial score (nSPS) is 38.3. The molecule has 0 spiro atoms. The summed E-state index contributed by atoms with van der Waals surface area (Å²) in [5.41, 5.74) is 1.50. The van der Waals surface area contributed by atoms with Crippen molar-refractivity contribution in [2.75, 3.05) is 0 Å². The van der Waals surface area contributed by atoms with Crippen molar-refractivity contribution in [3.05, 3.63) is 35.9 Å². The Kier molecular flexibility index (Phi) is 2.97. The van der Waals surface area contributed by atoms with Crippen LogP contribution in [-0.4, -0.2) is 10.5 Å². The Bertz CT molecular complexity index is 346. The fraction of sp³-hybridized carbons (Fsp3) is 0.571. The minimum atomic E-state index is 0.306. The molecule has 0 radical (unpaired) electrons. The molecule has 0 amide bonds. The van der Waals surface area contributed by atoms with Gasteiger partial charge in [0.15, 0.2) is 0 Å². The molecule has 2 heteroatoms. The zero-order chi connectivity index (χ0) is 11.0. The van der Waals surface area contributed by atoms with Crippen LogP contribution in [0.15, 0.2) is 30.3 Å². The third-order valence-corrected chi connectivity index (χ3v) is 7.55. The van der Waals surface area contributed by atoms with Gasteiger partial charge in [0.25, 0.3) is 0 Å². The number of thioether (sulfide) groups is 2. The lowest BCUT2D eigenvalue weighted by atomic mass is 10.00. The average molecular weight is 250 g/mol. The van der Waals surface area contributed by atoms with Gasteiger partial charge in [0.05, 0.1) is 4.08 Å². The summed E-state index contributed by atoms with van der Waals surface area (Å²) in [6.45, 7) is 2.41. The molecule has 0 N–H and O–H groups in total. The Labute approximate surface area is 107 Å². The highest BCUT2D eigenvalue weighted by Gasteiger charge is 2.45. The molecule has 0 nitrogen and oxygen atoms in total. The zero-order valence-corrected chi connectivity index (χ0v) is 11.3. The van der Waals surface area contributed by atoms with E-state index in [0.717, 1.165) is 10.5 Å². The molecule has 16 heavy (non-hydrogen) atoms. The molecule has 0 aromatic heterocycles. The second kappa shape index (κ2) is 4.30. The second-order valence-corrected chi connectivity index (χ2v) is 8.48. The molecule has 2 unspecified atom stereocenters. The summed E-state index contributed by atoms with van der Waals surface area (Å²) in [6.07, 6.45) is 5.76. The first-order chi connectivity index (χ1) is 7.78. The van der Waals surface area contributed by atoms with Crippen LogP contribution in [0.25, 0.3) is 0 Å². The van der Waals surface area contributed by atoms with Crippen molar-refractivity contribution in [1.82, 2.24) is 0 Å². The lowest BCUT2D eigenvalue weighted by Gasteiger charge is -2.23. The van der Waals surface area contributed by atoms with Crippen molar-refractivity contribution in [3.8, 4) is 0 Å². The third-order valence-electron chi connectivity index (χ3n) is 3.69. The van der Waals surface area contributed by atoms with Gasteiger partial charge in [-0.1, -0.05) is 43.2 Å². The van der Waals surface area contributed by atoms with Crippen molar-refractivity contribution in [2.45, 2.75) is 47.2 Å². The summed E-state index contributed by atoms with van der Waals surface area (Å²) in [6, 6.07) is 11.0. The fourth-order valence-electron chi connectivity index (χ4n) is 2.81. The van der Waals surface area contributed by atoms with Crippen LogP contribution < -0.4 is 0 Å². The summed E-state index contributed by atoms with van der Waals surface area (Å²) in [7, 11) is 0. The number of hydrogen-bond donors (Lipinski definition) is 0. The number of benzene rings is 1. The first-order valence-electron chi connectivity index (χ1n) is 6.19. The molecule has 1 aliphatic carbocycles. The quantitative estimate of drug-likeness (QED) is 0.711. The largest absolute Gasteiger partial charge is 0.135 e. The predicted molar refractivity (Wildman–Crippen MR) is 75.0 cm³/mol. The monoisotopic (exact) mass is 250 g/mol. The van der Waals surface area contributed by atoms with Crippen LogP contribution in [0.5, 0.6) is 0 Å². The molecule has 2 fully saturated rings. The summed E-state index contributed by atoms with van der Waals surface area (Å²) >= 11 is 4.43. The van der Waals surface area contributed by atoms with Crippen molar-refractivity contribution >= 4 is 23.5 Å². The van der Waals surface area contributed by atoms with E-state index in [9.17, 15) is 0 Å². The highest BCUT2D eigenvalue weighted by Crippen LogP contribution is 2.61. The Morgan fingerprint density at radius 3 is 2.12 bits per heavy atom. The Hall–Kier alpha value is -0.0800. The van der Waals surface area contributed by atoms with E-state index in [1.54, 1.807) is 0 Å². The maximum Gasteiger partial charge on any atom is 0.0838 e. The Morgan fingerprint density at radius 1 is 1.00 bits per heavy atom. The van der Waals surface area contributed by atoms with Crippen LogP contribution >= 0.6 is 23.5 Å². The van der Waals surface area contributed by atoms with Crippen LogP contribution in [0.3, 0.4) is 0 Å². The zero-order valence-electron chi connectivity index (χ0n) is 9.69. The predicted octanol–water partition coefficient (Wildman–Crippen LogP) is 4.65. The smallest absolute Gasteiger partial charge is 0.0838 e. The molecule has 3 rings (SSSR count). The van der Waals surface area contributed by atoms with Gasteiger partial charge < -0.3 is 0 Å². The van der Waals surface area contributed by atoms with Gasteiger partial charge in [0, 0.05) is 10.5 Å². The Morgan fingerprint density at radius 2 is 1.56 bits per heavy atom. The van der Waals surface area contributed by atoms with E-state index in [1.807, 2.05) is 0 Å². The molecular formula is C14H18S2. The maximum atomic E-state index is 2.41. The minimum Gasteiger partial charge on any atom is -0.135 e. The number of hydrogen-bond acceptors (Lipinski definition) is 2. The van der Waals surface area contributed by atoms with E-state index in [1.165, 1.54) is 31.2 Å². The average Bonchev–Trinajstić information content (AvgIpc) is 2.68. The van der Waals surface area contributed by atoms with Gasteiger partial charge in [-0.25, -0.2) is 0 Å². The molecule has 1 heterocycles. The van der Waals surface area contributed by atoms with Gasteiger partial charge in [-0.3, -0.25) is 0 Å². The van der Waals surface area contributed by atoms with Crippen molar-refractivity contribution in [3.63, 3.8) is 0 Å². The molecule has 1 saturated heterocycles. The van der Waals surface area contributed by atoms with Crippen LogP contribution in [0.1, 0.15) is 38.2 Å². The molecule has 1 aromatic rings. The minimum absolute atomic E-state index is 0.306. The summed E-state index contributed by atoms with van der Waals surface area (Å²) in [4.78, 5) is 0. The maximum absolute atomic E-state index is 2.41. The molecule has 1 aromatic carbocycles. The lowest BCUT2D eigenvalue weighted by Crippen LogP contribution is -2.19. The number of rotatable bonds is 1. The SMILES string of the molecule is CC1(c2ccccc2)SC2CCCC[C@H]2S1. The molecule has 1 saturated carbocycles. The van der Waals surface area contributed by atoms with Crippen LogP contribution in [-0.2, 0) is 4.08 Å². The molecule has 3 atom stereocenters. The first kappa shape index (κ1) is 11.0. The van der Waals surface area contributed by atoms with Gasteiger partial charge in [0.1, 0.15) is 0 Å². The van der Waals surface area contributed by atoms with E-state index >= 15 is 0 Å². The van der Waals surface area contributed by atoms with E-state index in [-0.39, 0.29) is 0 Å². The molecule has 86 valence electrons. The van der Waals surface area contributed by atoms with E-state index in [2.05, 4.69) is 60.8 Å². The third kappa shape index (κ3) is 1.91. The van der Waals surface area contributed by atoms with Gasteiger partial charge in [-0.05, 0) is 25.3 Å². The standard InChI is InChI=1S/C14H18S2/c1-14(11-7-3-2-4-8-11)15-12-9-5-6-10-13(12)16-14/h2-4,7-8,12-13H,5-6,9-10H2,1H3/t12-,13?,14?/m1/s1. The van der Waals surface area contributed by atoms with Crippen molar-refractivity contribution < 1.29 is 0 Å². The summed E-state index contributed by atoms with van der Waals surface area (Å²) in [5.74, 6) is 0. The lowest BCUT2D eigenvalue weighted by molar-refractivity contribution is 0.532. The summed E-state index contributed by atoms with van der Waals surface area (Å²) < 4.78 is 0.306. The molecule has 0 bridgehead atoms. The second-order valence-electron chi connectivity index (χ2n) is 4.91. The summed E-state index contributed by atoms with van der Waals surface area (Å²) in [5, 5.41) is 1.81. The topological polar surface area (TPSA) is 0 Å². The van der Waals surface area contributed by atoms with Crippen LogP contribution in [0.4, 0.5) is 0 Å². The van der Waals surface area contributed by atoms with Crippen molar-refractivity contribution in [2.24, 2.45) is 0 Å².